The molecule has 1 aromatic rings. The Labute approximate surface area is 139 Å². The van der Waals surface area contributed by atoms with Gasteiger partial charge >= 0.3 is 0 Å². The molecule has 1 aromatic carbocycles. The molecule has 1 N–H and O–H groups in total. The fourth-order valence-corrected chi connectivity index (χ4v) is 3.79. The lowest BCUT2D eigenvalue weighted by molar-refractivity contribution is -0.133. The minimum absolute atomic E-state index is 0.337. The van der Waals surface area contributed by atoms with Crippen LogP contribution in [0.3, 0.4) is 0 Å². The van der Waals surface area contributed by atoms with Gasteiger partial charge in [-0.15, -0.1) is 0 Å². The fraction of sp³-hybridized carbons (Fsp3) is 0.632. The number of amides is 1. The maximum Gasteiger partial charge on any atom is 0.222 e. The largest absolute Gasteiger partial charge is 0.341 e. The van der Waals surface area contributed by atoms with Gasteiger partial charge in [0.25, 0.3) is 0 Å². The number of benzene rings is 1. The zero-order valence-electron chi connectivity index (χ0n) is 14.2. The van der Waals surface area contributed by atoms with Crippen LogP contribution < -0.4 is 5.32 Å². The summed E-state index contributed by atoms with van der Waals surface area (Å²) in [4.78, 5) is 17.0. The highest BCUT2D eigenvalue weighted by atomic mass is 16.2. The van der Waals surface area contributed by atoms with Crippen LogP contribution in [0.1, 0.15) is 31.2 Å². The Morgan fingerprint density at radius 3 is 2.70 bits per heavy atom. The van der Waals surface area contributed by atoms with Crippen molar-refractivity contribution in [2.24, 2.45) is 5.92 Å². The Kier molecular flexibility index (Phi) is 5.68. The first-order chi connectivity index (χ1) is 11.2. The molecule has 2 fully saturated rings. The topological polar surface area (TPSA) is 35.6 Å². The van der Waals surface area contributed by atoms with Crippen LogP contribution >= 0.6 is 0 Å². The number of rotatable bonds is 5. The molecule has 2 aliphatic rings. The smallest absolute Gasteiger partial charge is 0.222 e. The van der Waals surface area contributed by atoms with Crippen molar-refractivity contribution in [3.8, 4) is 0 Å². The van der Waals surface area contributed by atoms with Gasteiger partial charge in [0, 0.05) is 39.1 Å². The lowest BCUT2D eigenvalue weighted by Crippen LogP contribution is -2.40. The van der Waals surface area contributed by atoms with Crippen LogP contribution in [0.5, 0.6) is 0 Å². The summed E-state index contributed by atoms with van der Waals surface area (Å²) < 4.78 is 0. The third kappa shape index (κ3) is 4.55. The minimum Gasteiger partial charge on any atom is -0.341 e. The molecule has 4 nitrogen and oxygen atoms in total. The Hall–Kier alpha value is -1.39. The van der Waals surface area contributed by atoms with E-state index < -0.39 is 0 Å². The number of nitrogens with one attached hydrogen (secondary N) is 1. The molecular weight excluding hydrogens is 286 g/mol. The van der Waals surface area contributed by atoms with Crippen LogP contribution in [0.2, 0.25) is 0 Å². The zero-order valence-corrected chi connectivity index (χ0v) is 14.2. The van der Waals surface area contributed by atoms with E-state index in [0.29, 0.717) is 17.9 Å². The highest BCUT2D eigenvalue weighted by molar-refractivity contribution is 5.76. The Morgan fingerprint density at radius 1 is 1.22 bits per heavy atom. The van der Waals surface area contributed by atoms with Crippen LogP contribution in [-0.2, 0) is 11.3 Å². The summed E-state index contributed by atoms with van der Waals surface area (Å²) in [5.41, 5.74) is 1.36. The normalized spacial score (nSPS) is 23.1. The number of hydrogen-bond acceptors (Lipinski definition) is 3. The Morgan fingerprint density at radius 2 is 1.96 bits per heavy atom. The summed E-state index contributed by atoms with van der Waals surface area (Å²) in [5, 5.41) is 3.37. The molecule has 2 saturated heterocycles. The summed E-state index contributed by atoms with van der Waals surface area (Å²) in [6.07, 6.45) is 4.11. The molecule has 4 heteroatoms. The molecule has 0 bridgehead atoms. The molecule has 1 atom stereocenters. The van der Waals surface area contributed by atoms with Crippen LogP contribution in [0, 0.1) is 5.92 Å². The van der Waals surface area contributed by atoms with Crippen LogP contribution in [0.15, 0.2) is 30.3 Å². The van der Waals surface area contributed by atoms with E-state index in [1.807, 2.05) is 11.9 Å². The second kappa shape index (κ2) is 7.93. The average Bonchev–Trinajstić information content (AvgIpc) is 3.04. The third-order valence-electron chi connectivity index (χ3n) is 5.36. The predicted molar refractivity (Wildman–Crippen MR) is 93.1 cm³/mol. The highest BCUT2D eigenvalue weighted by Crippen LogP contribution is 2.21. The van der Waals surface area contributed by atoms with Crippen LogP contribution in [0.4, 0.5) is 0 Å². The van der Waals surface area contributed by atoms with Gasteiger partial charge in [-0.2, -0.15) is 0 Å². The maximum atomic E-state index is 12.6. The number of piperidine rings is 1. The standard InChI is InChI=1S/C19H29N3O/c1-21(19(23)13-16-7-10-20-11-8-16)18-9-12-22(15-18)14-17-5-3-2-4-6-17/h2-6,16,18,20H,7-15H2,1H3. The second-order valence-corrected chi connectivity index (χ2v) is 7.07. The van der Waals surface area contributed by atoms with Crippen molar-refractivity contribution in [3.05, 3.63) is 35.9 Å². The van der Waals surface area contributed by atoms with Crippen molar-refractivity contribution in [2.45, 2.75) is 38.3 Å². The molecule has 3 rings (SSSR count). The number of likely N-dealkylation sites (N-methyl/N-ethyl adjacent to an activating group) is 1. The van der Waals surface area contributed by atoms with Crippen molar-refractivity contribution in [3.63, 3.8) is 0 Å². The van der Waals surface area contributed by atoms with Crippen molar-refractivity contribution in [1.82, 2.24) is 15.1 Å². The number of carbonyl (C=O) groups excluding carboxylic acids is 1. The average molecular weight is 315 g/mol. The molecule has 0 aromatic heterocycles. The van der Waals surface area contributed by atoms with Gasteiger partial charge in [-0.05, 0) is 43.8 Å². The minimum atomic E-state index is 0.337. The van der Waals surface area contributed by atoms with E-state index in [0.717, 1.165) is 58.4 Å². The number of likely N-dealkylation sites (tertiary alicyclic amines) is 1. The SMILES string of the molecule is CN(C(=O)CC1CCNCC1)C1CCN(Cc2ccccc2)C1. The van der Waals surface area contributed by atoms with Crippen molar-refractivity contribution in [2.75, 3.05) is 33.2 Å². The van der Waals surface area contributed by atoms with Crippen LogP contribution in [0.25, 0.3) is 0 Å². The monoisotopic (exact) mass is 315 g/mol. The Balaban J connectivity index is 1.46. The van der Waals surface area contributed by atoms with E-state index in [-0.39, 0.29) is 0 Å². The summed E-state index contributed by atoms with van der Waals surface area (Å²) in [7, 11) is 2.00. The van der Waals surface area contributed by atoms with Gasteiger partial charge in [0.2, 0.25) is 5.91 Å². The van der Waals surface area contributed by atoms with Crippen molar-refractivity contribution >= 4 is 5.91 Å². The first-order valence-corrected chi connectivity index (χ1v) is 8.95. The van der Waals surface area contributed by atoms with E-state index in [2.05, 4.69) is 40.5 Å². The lowest BCUT2D eigenvalue weighted by atomic mass is 9.94. The number of nitrogens with zero attached hydrogens (tertiary/aromatic N) is 2. The van der Waals surface area contributed by atoms with E-state index in [9.17, 15) is 4.79 Å². The van der Waals surface area contributed by atoms with Crippen molar-refractivity contribution in [1.29, 1.82) is 0 Å². The maximum absolute atomic E-state index is 12.6. The van der Waals surface area contributed by atoms with Gasteiger partial charge in [0.1, 0.15) is 0 Å². The molecule has 23 heavy (non-hydrogen) atoms. The van der Waals surface area contributed by atoms with E-state index in [1.165, 1.54) is 5.56 Å². The molecular formula is C19H29N3O. The summed E-state index contributed by atoms with van der Waals surface area (Å²) in [6.45, 7) is 5.22. The molecule has 126 valence electrons. The van der Waals surface area contributed by atoms with Gasteiger partial charge in [-0.3, -0.25) is 9.69 Å². The highest BCUT2D eigenvalue weighted by Gasteiger charge is 2.29. The van der Waals surface area contributed by atoms with Crippen LogP contribution in [-0.4, -0.2) is 55.0 Å². The fourth-order valence-electron chi connectivity index (χ4n) is 3.79. The number of carbonyl (C=O) groups is 1. The van der Waals surface area contributed by atoms with Crippen molar-refractivity contribution < 1.29 is 4.79 Å². The molecule has 0 radical (unpaired) electrons. The zero-order chi connectivity index (χ0) is 16.1. The predicted octanol–water partition coefficient (Wildman–Crippen LogP) is 2.11. The molecule has 0 saturated carbocycles. The van der Waals surface area contributed by atoms with E-state index in [4.69, 9.17) is 0 Å². The summed E-state index contributed by atoms with van der Waals surface area (Å²) in [6, 6.07) is 11.0. The number of hydrogen-bond donors (Lipinski definition) is 1. The molecule has 2 aliphatic heterocycles. The quantitative estimate of drug-likeness (QED) is 0.904. The Bertz CT molecular complexity index is 499. The summed E-state index contributed by atoms with van der Waals surface area (Å²) >= 11 is 0. The van der Waals surface area contributed by atoms with E-state index in [1.54, 1.807) is 0 Å². The molecule has 0 aliphatic carbocycles. The third-order valence-corrected chi connectivity index (χ3v) is 5.36. The molecule has 1 amide bonds. The first kappa shape index (κ1) is 16.5. The van der Waals surface area contributed by atoms with Gasteiger partial charge in [0.15, 0.2) is 0 Å². The second-order valence-electron chi connectivity index (χ2n) is 7.07. The van der Waals surface area contributed by atoms with Gasteiger partial charge in [0.05, 0.1) is 0 Å². The molecule has 0 spiro atoms. The van der Waals surface area contributed by atoms with Gasteiger partial charge in [-0.1, -0.05) is 30.3 Å². The molecule has 1 unspecified atom stereocenters. The van der Waals surface area contributed by atoms with E-state index >= 15 is 0 Å². The summed E-state index contributed by atoms with van der Waals surface area (Å²) in [5.74, 6) is 0.913. The lowest BCUT2D eigenvalue weighted by Gasteiger charge is -2.28. The van der Waals surface area contributed by atoms with Gasteiger partial charge in [-0.25, -0.2) is 0 Å². The first-order valence-electron chi connectivity index (χ1n) is 8.95. The van der Waals surface area contributed by atoms with Gasteiger partial charge < -0.3 is 10.2 Å². The molecule has 2 heterocycles.